The predicted octanol–water partition coefficient (Wildman–Crippen LogP) is 8.40. The smallest absolute Gasteiger partial charge is 0.312 e. The van der Waals surface area contributed by atoms with Crippen LogP contribution >= 0.6 is 0 Å². The first-order valence-electron chi connectivity index (χ1n) is 18.3. The molecule has 0 fully saturated rings. The highest BCUT2D eigenvalue weighted by atomic mass is 16.4. The molecule has 0 aromatic rings. The summed E-state index contributed by atoms with van der Waals surface area (Å²) in [5.41, 5.74) is 0. The molecule has 0 heterocycles. The maximum atomic E-state index is 12.0. The normalized spacial score (nSPS) is 15.2. The van der Waals surface area contributed by atoms with E-state index >= 15 is 0 Å². The Balaban J connectivity index is 4.52. The highest BCUT2D eigenvalue weighted by Gasteiger charge is 2.39. The molecule has 0 aromatic carbocycles. The summed E-state index contributed by atoms with van der Waals surface area (Å²) in [6.45, 7) is 8.90. The van der Waals surface area contributed by atoms with Gasteiger partial charge >= 0.3 is 11.9 Å². The van der Waals surface area contributed by atoms with E-state index in [-0.39, 0.29) is 24.1 Å². The third kappa shape index (κ3) is 21.0. The molecular weight excluding hydrogens is 554 g/mol. The topological polar surface area (TPSA) is 115 Å². The number of carbonyl (C=O) groups is 3. The van der Waals surface area contributed by atoms with E-state index in [4.69, 9.17) is 0 Å². The van der Waals surface area contributed by atoms with Crippen LogP contribution in [0.2, 0.25) is 0 Å². The molecule has 0 amide bonds. The second-order valence-corrected chi connectivity index (χ2v) is 13.3. The van der Waals surface area contributed by atoms with Crippen LogP contribution < -0.4 is 5.11 Å². The van der Waals surface area contributed by atoms with Gasteiger partial charge in [-0.3, -0.25) is 9.59 Å². The van der Waals surface area contributed by atoms with Gasteiger partial charge in [-0.25, -0.2) is 0 Å². The van der Waals surface area contributed by atoms with Gasteiger partial charge in [-0.1, -0.05) is 123 Å². The summed E-state index contributed by atoms with van der Waals surface area (Å²) in [5.74, 6) is -4.94. The Morgan fingerprint density at radius 2 is 0.886 bits per heavy atom. The Morgan fingerprint density at radius 3 is 1.18 bits per heavy atom. The van der Waals surface area contributed by atoms with Crippen LogP contribution in [0, 0.1) is 17.8 Å². The van der Waals surface area contributed by atoms with Crippen LogP contribution in [0.1, 0.15) is 163 Å². The monoisotopic (exact) mass is 624 g/mol. The van der Waals surface area contributed by atoms with Crippen molar-refractivity contribution in [2.75, 3.05) is 26.2 Å². The van der Waals surface area contributed by atoms with E-state index in [0.717, 1.165) is 19.3 Å². The Labute approximate surface area is 270 Å². The Bertz CT molecular complexity index is 707. The van der Waals surface area contributed by atoms with Gasteiger partial charge in [0.25, 0.3) is 0 Å². The quantitative estimate of drug-likeness (QED) is 0.0442. The molecule has 0 saturated carbocycles. The molecule has 44 heavy (non-hydrogen) atoms. The average Bonchev–Trinajstić information content (AvgIpc) is 2.99. The Hall–Kier alpha value is -1.89. The van der Waals surface area contributed by atoms with Gasteiger partial charge in [0.15, 0.2) is 0 Å². The van der Waals surface area contributed by atoms with E-state index in [9.17, 15) is 29.7 Å². The highest BCUT2D eigenvalue weighted by Crippen LogP contribution is 2.25. The summed E-state index contributed by atoms with van der Waals surface area (Å²) in [6, 6.07) is 0. The highest BCUT2D eigenvalue weighted by molar-refractivity contribution is 5.70. The van der Waals surface area contributed by atoms with Crippen LogP contribution in [0.5, 0.6) is 0 Å². The zero-order valence-electron chi connectivity index (χ0n) is 29.0. The van der Waals surface area contributed by atoms with Crippen LogP contribution in [0.4, 0.5) is 0 Å². The number of nitrogens with zero attached hydrogens (tertiary/aromatic N) is 1. The molecule has 0 aromatic heterocycles. The van der Waals surface area contributed by atoms with Crippen molar-refractivity contribution in [1.82, 2.24) is 0 Å². The third-order valence-corrected chi connectivity index (χ3v) is 9.57. The largest absolute Gasteiger partial charge is 0.550 e. The Kier molecular flexibility index (Phi) is 26.2. The molecule has 7 heteroatoms. The van der Waals surface area contributed by atoms with Crippen molar-refractivity contribution in [2.24, 2.45) is 17.8 Å². The second-order valence-electron chi connectivity index (χ2n) is 13.3. The van der Waals surface area contributed by atoms with Gasteiger partial charge in [0, 0.05) is 5.92 Å². The van der Waals surface area contributed by atoms with E-state index in [1.54, 1.807) is 6.92 Å². The summed E-state index contributed by atoms with van der Waals surface area (Å²) in [6.07, 6.45) is 28.4. The van der Waals surface area contributed by atoms with E-state index < -0.39 is 35.7 Å². The third-order valence-electron chi connectivity index (χ3n) is 9.57. The number of carbonyl (C=O) groups excluding carboxylic acids is 1. The molecule has 0 radical (unpaired) electrons. The van der Waals surface area contributed by atoms with Crippen LogP contribution in [-0.4, -0.2) is 58.8 Å². The SMILES string of the molecule is C/C=C/CCCCCCCCCCCCCCCCCCC[N+](CC(CC)C(=O)[O-])(CC(CC)C(=O)O)CC(CC)C(=O)O. The molecular formula is C37H69NO6. The number of allylic oxidation sites excluding steroid dienone is 2. The number of unbranched alkanes of at least 4 members (excludes halogenated alkanes) is 17. The molecule has 0 spiro atoms. The second kappa shape index (κ2) is 27.4. The van der Waals surface area contributed by atoms with Gasteiger partial charge in [0.05, 0.1) is 32.1 Å². The lowest BCUT2D eigenvalue weighted by atomic mass is 9.95. The first-order chi connectivity index (χ1) is 21.2. The molecule has 0 aliphatic carbocycles. The summed E-state index contributed by atoms with van der Waals surface area (Å²) in [4.78, 5) is 35.9. The van der Waals surface area contributed by atoms with E-state index in [1.165, 1.54) is 96.3 Å². The zero-order chi connectivity index (χ0) is 33.1. The van der Waals surface area contributed by atoms with Gasteiger partial charge in [0.1, 0.15) is 11.8 Å². The lowest BCUT2D eigenvalue weighted by Gasteiger charge is -2.44. The molecule has 0 bridgehead atoms. The standard InChI is InChI=1S/C37H69NO6/c1-5-9-10-11-12-13-14-15-16-17-18-19-20-21-22-23-24-25-26-27-28-38(29-32(6-2)35(39)40,30-33(7-3)36(41)42)31-34(8-4)37(43)44/h5,9,32-34H,6-8,10-31H2,1-4H3,(H2-,39,40,41,42,43,44)/b9-5+. The van der Waals surface area contributed by atoms with Crippen LogP contribution in [0.3, 0.4) is 0 Å². The lowest BCUT2D eigenvalue weighted by molar-refractivity contribution is -0.935. The molecule has 0 aliphatic heterocycles. The molecule has 3 atom stereocenters. The number of carboxylic acids is 3. The van der Waals surface area contributed by atoms with Crippen molar-refractivity contribution < 1.29 is 34.2 Å². The number of aliphatic carboxylic acids is 3. The van der Waals surface area contributed by atoms with Gasteiger partial charge in [0.2, 0.25) is 0 Å². The van der Waals surface area contributed by atoms with Crippen molar-refractivity contribution in [3.8, 4) is 0 Å². The predicted molar refractivity (Wildman–Crippen MR) is 179 cm³/mol. The fourth-order valence-electron chi connectivity index (χ4n) is 6.56. The number of hydrogen-bond donors (Lipinski definition) is 2. The summed E-state index contributed by atoms with van der Waals surface area (Å²) in [5, 5.41) is 31.5. The first kappa shape index (κ1) is 42.1. The number of quaternary nitrogens is 1. The van der Waals surface area contributed by atoms with Gasteiger partial charge in [-0.05, 0) is 51.9 Å². The minimum Gasteiger partial charge on any atom is -0.550 e. The maximum absolute atomic E-state index is 12.0. The molecule has 258 valence electrons. The van der Waals surface area contributed by atoms with E-state index in [2.05, 4.69) is 19.1 Å². The number of carboxylic acid groups (broad SMARTS) is 3. The van der Waals surface area contributed by atoms with Crippen molar-refractivity contribution in [1.29, 1.82) is 0 Å². The van der Waals surface area contributed by atoms with Crippen molar-refractivity contribution >= 4 is 17.9 Å². The van der Waals surface area contributed by atoms with Gasteiger partial charge in [-0.2, -0.15) is 0 Å². The number of hydrogen-bond acceptors (Lipinski definition) is 4. The molecule has 2 N–H and O–H groups in total. The van der Waals surface area contributed by atoms with E-state index in [0.29, 0.717) is 25.8 Å². The average molecular weight is 624 g/mol. The summed E-state index contributed by atoms with van der Waals surface area (Å²) in [7, 11) is 0. The maximum Gasteiger partial charge on any atom is 0.312 e. The van der Waals surface area contributed by atoms with Gasteiger partial charge in [-0.15, -0.1) is 0 Å². The fraction of sp³-hybridized carbons (Fsp3) is 0.865. The van der Waals surface area contributed by atoms with Gasteiger partial charge < -0.3 is 24.6 Å². The van der Waals surface area contributed by atoms with E-state index in [1.807, 2.05) is 13.8 Å². The summed E-state index contributed by atoms with van der Waals surface area (Å²) >= 11 is 0. The first-order valence-corrected chi connectivity index (χ1v) is 18.3. The molecule has 7 nitrogen and oxygen atoms in total. The van der Waals surface area contributed by atoms with Crippen molar-refractivity contribution in [2.45, 2.75) is 163 Å². The molecule has 0 saturated heterocycles. The Morgan fingerprint density at radius 1 is 0.568 bits per heavy atom. The van der Waals surface area contributed by atoms with Crippen LogP contribution in [-0.2, 0) is 14.4 Å². The van der Waals surface area contributed by atoms with Crippen LogP contribution in [0.15, 0.2) is 12.2 Å². The zero-order valence-corrected chi connectivity index (χ0v) is 29.0. The molecule has 0 aliphatic rings. The van der Waals surface area contributed by atoms with Crippen LogP contribution in [0.25, 0.3) is 0 Å². The molecule has 3 unspecified atom stereocenters. The molecule has 0 rings (SSSR count). The lowest BCUT2D eigenvalue weighted by Crippen LogP contribution is -2.59. The fourth-order valence-corrected chi connectivity index (χ4v) is 6.56. The van der Waals surface area contributed by atoms with Crippen molar-refractivity contribution in [3.63, 3.8) is 0 Å². The minimum atomic E-state index is -1.14. The van der Waals surface area contributed by atoms with Crippen molar-refractivity contribution in [3.05, 3.63) is 12.2 Å². The summed E-state index contributed by atoms with van der Waals surface area (Å²) < 4.78 is 0.221. The minimum absolute atomic E-state index is 0.221. The number of rotatable bonds is 32.